The minimum Gasteiger partial charge on any atom is -0.396 e. The van der Waals surface area contributed by atoms with E-state index in [2.05, 4.69) is 0 Å². The van der Waals surface area contributed by atoms with E-state index < -0.39 is 9.85 Å². The Morgan fingerprint density at radius 3 is 2.36 bits per heavy atom. The highest BCUT2D eigenvalue weighted by atomic mass is 32.2. The molecule has 1 N–H and O–H groups in total. The topological polar surface area (TPSA) is 107 Å². The number of unbranched alkanes of at least 4 members (excludes halogenated alkanes) is 3. The molecule has 22 heavy (non-hydrogen) atoms. The molecule has 0 aromatic heterocycles. The van der Waals surface area contributed by atoms with Crippen molar-refractivity contribution in [1.29, 1.82) is 0 Å². The normalized spacial score (nSPS) is 10.6. The van der Waals surface area contributed by atoms with Gasteiger partial charge in [0.2, 0.25) is 0 Å². The standard InChI is InChI=1S/C14H20N2O5S/c17-8-3-1-2-4-9-22-10-7-12-5-6-13(15(18)19)11-14(12)16(20)21/h5-6,11,17H,1-4,7-10H2. The molecule has 0 atom stereocenters. The first-order chi connectivity index (χ1) is 10.6. The van der Waals surface area contributed by atoms with Crippen LogP contribution >= 0.6 is 11.8 Å². The third-order valence-corrected chi connectivity index (χ3v) is 4.26. The van der Waals surface area contributed by atoms with E-state index in [1.807, 2.05) is 0 Å². The molecule has 1 aromatic carbocycles. The van der Waals surface area contributed by atoms with E-state index in [0.717, 1.165) is 43.3 Å². The summed E-state index contributed by atoms with van der Waals surface area (Å²) < 4.78 is 0. The third-order valence-electron chi connectivity index (χ3n) is 3.19. The Bertz CT molecular complexity index is 510. The molecule has 0 amide bonds. The van der Waals surface area contributed by atoms with E-state index in [1.165, 1.54) is 12.1 Å². The number of non-ortho nitro benzene ring substituents is 1. The van der Waals surface area contributed by atoms with E-state index in [0.29, 0.717) is 12.0 Å². The molecule has 0 bridgehead atoms. The van der Waals surface area contributed by atoms with E-state index in [1.54, 1.807) is 11.8 Å². The summed E-state index contributed by atoms with van der Waals surface area (Å²) in [5.74, 6) is 1.73. The van der Waals surface area contributed by atoms with Crippen LogP contribution in [0.4, 0.5) is 11.4 Å². The fourth-order valence-corrected chi connectivity index (χ4v) is 2.98. The van der Waals surface area contributed by atoms with Crippen molar-refractivity contribution in [2.45, 2.75) is 32.1 Å². The van der Waals surface area contributed by atoms with Gasteiger partial charge in [-0.1, -0.05) is 12.8 Å². The Labute approximate surface area is 133 Å². The monoisotopic (exact) mass is 328 g/mol. The molecule has 8 heteroatoms. The molecule has 0 fully saturated rings. The van der Waals surface area contributed by atoms with Crippen molar-refractivity contribution in [2.24, 2.45) is 0 Å². The third kappa shape index (κ3) is 6.40. The van der Waals surface area contributed by atoms with Gasteiger partial charge in [0.05, 0.1) is 15.9 Å². The zero-order chi connectivity index (χ0) is 16.4. The maximum atomic E-state index is 11.0. The first kappa shape index (κ1) is 18.4. The van der Waals surface area contributed by atoms with Gasteiger partial charge in [-0.15, -0.1) is 0 Å². The zero-order valence-corrected chi connectivity index (χ0v) is 13.1. The molecule has 0 aliphatic heterocycles. The minimum atomic E-state index is -0.627. The Hall–Kier alpha value is -1.67. The number of aryl methyl sites for hydroxylation is 1. The Morgan fingerprint density at radius 2 is 1.73 bits per heavy atom. The number of aliphatic hydroxyl groups excluding tert-OH is 1. The van der Waals surface area contributed by atoms with Gasteiger partial charge >= 0.3 is 0 Å². The van der Waals surface area contributed by atoms with Gasteiger partial charge < -0.3 is 5.11 Å². The van der Waals surface area contributed by atoms with Crippen molar-refractivity contribution in [1.82, 2.24) is 0 Å². The lowest BCUT2D eigenvalue weighted by Gasteiger charge is -2.04. The molecule has 0 unspecified atom stereocenters. The van der Waals surface area contributed by atoms with Crippen LogP contribution in [0.3, 0.4) is 0 Å². The Kier molecular flexibility index (Phi) is 8.46. The Balaban J connectivity index is 2.42. The van der Waals surface area contributed by atoms with Gasteiger partial charge in [0, 0.05) is 18.2 Å². The molecule has 0 saturated heterocycles. The molecular formula is C14H20N2O5S. The van der Waals surface area contributed by atoms with Crippen molar-refractivity contribution in [3.8, 4) is 0 Å². The van der Waals surface area contributed by atoms with Crippen LogP contribution in [0.2, 0.25) is 0 Å². The van der Waals surface area contributed by atoms with Gasteiger partial charge in [0.25, 0.3) is 11.4 Å². The predicted molar refractivity (Wildman–Crippen MR) is 86.3 cm³/mol. The Morgan fingerprint density at radius 1 is 1.00 bits per heavy atom. The summed E-state index contributed by atoms with van der Waals surface area (Å²) in [6.45, 7) is 0.233. The van der Waals surface area contributed by atoms with Gasteiger partial charge in [-0.05, 0) is 36.8 Å². The number of hydrogen-bond acceptors (Lipinski definition) is 6. The average Bonchev–Trinajstić information content (AvgIpc) is 2.49. The van der Waals surface area contributed by atoms with Gasteiger partial charge in [0.1, 0.15) is 0 Å². The van der Waals surface area contributed by atoms with Gasteiger partial charge in [0.15, 0.2) is 0 Å². The maximum absolute atomic E-state index is 11.0. The van der Waals surface area contributed by atoms with Crippen LogP contribution in [0.5, 0.6) is 0 Å². The van der Waals surface area contributed by atoms with Crippen LogP contribution in [0.1, 0.15) is 31.2 Å². The van der Waals surface area contributed by atoms with Crippen molar-refractivity contribution in [3.63, 3.8) is 0 Å². The highest BCUT2D eigenvalue weighted by Gasteiger charge is 2.18. The summed E-state index contributed by atoms with van der Waals surface area (Å²) in [5, 5.41) is 30.3. The summed E-state index contributed by atoms with van der Waals surface area (Å²) in [4.78, 5) is 20.5. The maximum Gasteiger partial charge on any atom is 0.279 e. The second kappa shape index (κ2) is 10.1. The molecule has 0 radical (unpaired) electrons. The molecular weight excluding hydrogens is 308 g/mol. The van der Waals surface area contributed by atoms with Crippen LogP contribution < -0.4 is 0 Å². The summed E-state index contributed by atoms with van der Waals surface area (Å²) >= 11 is 1.72. The minimum absolute atomic E-state index is 0.183. The van der Waals surface area contributed by atoms with Crippen molar-refractivity contribution >= 4 is 23.1 Å². The highest BCUT2D eigenvalue weighted by molar-refractivity contribution is 7.99. The van der Waals surface area contributed by atoms with Gasteiger partial charge in [-0.25, -0.2) is 0 Å². The summed E-state index contributed by atoms with van der Waals surface area (Å²) in [5.41, 5.74) is 0.0908. The number of aliphatic hydroxyl groups is 1. The average molecular weight is 328 g/mol. The summed E-state index contributed by atoms with van der Waals surface area (Å²) in [6.07, 6.45) is 4.51. The van der Waals surface area contributed by atoms with Crippen molar-refractivity contribution in [2.75, 3.05) is 18.1 Å². The number of hydrogen-bond donors (Lipinski definition) is 1. The molecule has 0 spiro atoms. The lowest BCUT2D eigenvalue weighted by atomic mass is 10.1. The van der Waals surface area contributed by atoms with Crippen molar-refractivity contribution in [3.05, 3.63) is 44.0 Å². The number of nitro groups is 2. The molecule has 7 nitrogen and oxygen atoms in total. The van der Waals surface area contributed by atoms with Crippen molar-refractivity contribution < 1.29 is 15.0 Å². The quantitative estimate of drug-likeness (QED) is 0.379. The summed E-state index contributed by atoms with van der Waals surface area (Å²) in [7, 11) is 0. The molecule has 1 rings (SSSR count). The van der Waals surface area contributed by atoms with Crippen LogP contribution in [0.15, 0.2) is 18.2 Å². The smallest absolute Gasteiger partial charge is 0.279 e. The molecule has 122 valence electrons. The SMILES string of the molecule is O=[N+]([O-])c1ccc(CCSCCCCCCO)c([N+](=O)[O-])c1. The van der Waals surface area contributed by atoms with E-state index in [-0.39, 0.29) is 18.0 Å². The van der Waals surface area contributed by atoms with E-state index >= 15 is 0 Å². The molecule has 1 aromatic rings. The lowest BCUT2D eigenvalue weighted by molar-refractivity contribution is -0.394. The van der Waals surface area contributed by atoms with Gasteiger partial charge in [-0.2, -0.15) is 11.8 Å². The second-order valence-corrected chi connectivity index (χ2v) is 6.05. The van der Waals surface area contributed by atoms with E-state index in [9.17, 15) is 20.2 Å². The fourth-order valence-electron chi connectivity index (χ4n) is 2.00. The van der Waals surface area contributed by atoms with Crippen LogP contribution in [0.25, 0.3) is 0 Å². The number of rotatable bonds is 11. The number of thioether (sulfide) groups is 1. The molecule has 0 heterocycles. The van der Waals surface area contributed by atoms with Crippen LogP contribution in [-0.4, -0.2) is 33.1 Å². The highest BCUT2D eigenvalue weighted by Crippen LogP contribution is 2.25. The number of nitrogens with zero attached hydrogens (tertiary/aromatic N) is 2. The van der Waals surface area contributed by atoms with E-state index in [4.69, 9.17) is 5.11 Å². The van der Waals surface area contributed by atoms with Crippen LogP contribution in [0, 0.1) is 20.2 Å². The van der Waals surface area contributed by atoms with Gasteiger partial charge in [-0.3, -0.25) is 20.2 Å². The first-order valence-electron chi connectivity index (χ1n) is 7.16. The molecule has 0 aliphatic rings. The molecule has 0 aliphatic carbocycles. The first-order valence-corrected chi connectivity index (χ1v) is 8.32. The molecule has 0 saturated carbocycles. The number of benzene rings is 1. The van der Waals surface area contributed by atoms with Crippen LogP contribution in [-0.2, 0) is 6.42 Å². The fraction of sp³-hybridized carbons (Fsp3) is 0.571. The zero-order valence-electron chi connectivity index (χ0n) is 12.3. The lowest BCUT2D eigenvalue weighted by Crippen LogP contribution is -1.99. The second-order valence-electron chi connectivity index (χ2n) is 4.83. The number of nitro benzene ring substituents is 2. The largest absolute Gasteiger partial charge is 0.396 e. The summed E-state index contributed by atoms with van der Waals surface area (Å²) in [6, 6.07) is 3.80. The predicted octanol–water partition coefficient (Wildman–Crippen LogP) is 3.33.